The highest BCUT2D eigenvalue weighted by Gasteiger charge is 2.19. The molecule has 0 saturated carbocycles. The molecule has 0 aliphatic carbocycles. The molecule has 0 aliphatic rings. The van der Waals surface area contributed by atoms with Crippen molar-refractivity contribution in [1.82, 2.24) is 9.97 Å². The Morgan fingerprint density at radius 3 is 2.33 bits per heavy atom. The van der Waals surface area contributed by atoms with E-state index in [9.17, 15) is 5.11 Å². The van der Waals surface area contributed by atoms with Crippen LogP contribution in [0.15, 0.2) is 24.3 Å². The van der Waals surface area contributed by atoms with Crippen LogP contribution >= 0.6 is 0 Å². The maximum atomic E-state index is 10.5. The molecule has 0 bridgehead atoms. The van der Waals surface area contributed by atoms with Crippen LogP contribution in [0.4, 0.5) is 5.69 Å². The zero-order valence-electron chi connectivity index (χ0n) is 12.3. The first-order chi connectivity index (χ1) is 10.1. The van der Waals surface area contributed by atoms with Gasteiger partial charge in [-0.15, -0.1) is 0 Å². The first kappa shape index (κ1) is 15.1. The quantitative estimate of drug-likeness (QED) is 0.814. The number of rotatable bonds is 5. The highest BCUT2D eigenvalue weighted by atomic mass is 16.5. The van der Waals surface area contributed by atoms with E-state index in [0.29, 0.717) is 23.0 Å². The number of benzene rings is 1. The SMILES string of the molecule is CCc1cccc(C(O)c2nc(OC)cc(OC)n2)c1N. The van der Waals surface area contributed by atoms with Crippen molar-refractivity contribution in [3.05, 3.63) is 41.2 Å². The molecule has 1 unspecified atom stereocenters. The molecule has 6 heteroatoms. The molecule has 2 rings (SSSR count). The fraction of sp³-hybridized carbons (Fsp3) is 0.333. The second-order valence-corrected chi connectivity index (χ2v) is 4.49. The van der Waals surface area contributed by atoms with Crippen molar-refractivity contribution in [1.29, 1.82) is 0 Å². The van der Waals surface area contributed by atoms with E-state index in [2.05, 4.69) is 9.97 Å². The van der Waals surface area contributed by atoms with Gasteiger partial charge in [-0.1, -0.05) is 25.1 Å². The van der Waals surface area contributed by atoms with Crippen LogP contribution < -0.4 is 15.2 Å². The van der Waals surface area contributed by atoms with Crippen LogP contribution in [-0.2, 0) is 6.42 Å². The van der Waals surface area contributed by atoms with Crippen molar-refractivity contribution >= 4 is 5.69 Å². The highest BCUT2D eigenvalue weighted by molar-refractivity contribution is 5.56. The summed E-state index contributed by atoms with van der Waals surface area (Å²) in [6.07, 6.45) is -0.255. The Morgan fingerprint density at radius 2 is 1.81 bits per heavy atom. The van der Waals surface area contributed by atoms with Gasteiger partial charge in [-0.05, 0) is 12.0 Å². The fourth-order valence-electron chi connectivity index (χ4n) is 2.07. The number of ether oxygens (including phenoxy) is 2. The first-order valence-electron chi connectivity index (χ1n) is 6.63. The Balaban J connectivity index is 2.46. The van der Waals surface area contributed by atoms with Gasteiger partial charge in [0.05, 0.1) is 20.3 Å². The normalized spacial score (nSPS) is 12.0. The number of aliphatic hydroxyl groups is 1. The average molecular weight is 289 g/mol. The fourth-order valence-corrected chi connectivity index (χ4v) is 2.07. The van der Waals surface area contributed by atoms with Gasteiger partial charge in [-0.3, -0.25) is 0 Å². The highest BCUT2D eigenvalue weighted by Crippen LogP contribution is 2.29. The predicted octanol–water partition coefficient (Wildman–Crippen LogP) is 1.72. The molecular weight excluding hydrogens is 270 g/mol. The van der Waals surface area contributed by atoms with E-state index in [1.54, 1.807) is 12.1 Å². The van der Waals surface area contributed by atoms with Crippen molar-refractivity contribution < 1.29 is 14.6 Å². The number of aromatic nitrogens is 2. The lowest BCUT2D eigenvalue weighted by atomic mass is 10.0. The molecule has 0 spiro atoms. The Kier molecular flexibility index (Phi) is 4.59. The van der Waals surface area contributed by atoms with Crippen LogP contribution in [0.1, 0.15) is 30.0 Å². The molecule has 6 nitrogen and oxygen atoms in total. The topological polar surface area (TPSA) is 90.5 Å². The van der Waals surface area contributed by atoms with Crippen LogP contribution in [0.3, 0.4) is 0 Å². The maximum Gasteiger partial charge on any atom is 0.220 e. The van der Waals surface area contributed by atoms with E-state index in [4.69, 9.17) is 15.2 Å². The van der Waals surface area contributed by atoms with Gasteiger partial charge in [0.25, 0.3) is 0 Å². The van der Waals surface area contributed by atoms with Gasteiger partial charge < -0.3 is 20.3 Å². The molecule has 0 saturated heterocycles. The van der Waals surface area contributed by atoms with Gasteiger partial charge in [0.2, 0.25) is 11.8 Å². The maximum absolute atomic E-state index is 10.5. The number of aliphatic hydroxyl groups excluding tert-OH is 1. The van der Waals surface area contributed by atoms with Crippen LogP contribution in [0.5, 0.6) is 11.8 Å². The smallest absolute Gasteiger partial charge is 0.220 e. The summed E-state index contributed by atoms with van der Waals surface area (Å²) in [5, 5.41) is 10.5. The van der Waals surface area contributed by atoms with E-state index in [1.807, 2.05) is 19.1 Å². The number of hydrogen-bond acceptors (Lipinski definition) is 6. The molecular formula is C15H19N3O3. The summed E-state index contributed by atoms with van der Waals surface area (Å²) in [5.74, 6) is 0.827. The Morgan fingerprint density at radius 1 is 1.19 bits per heavy atom. The standard InChI is InChI=1S/C15H19N3O3/c1-4-9-6-5-7-10(13(9)16)14(19)15-17-11(20-2)8-12(18-15)21-3/h5-8,14,19H,4,16H2,1-3H3. The number of aryl methyl sites for hydroxylation is 1. The number of methoxy groups -OCH3 is 2. The number of nitrogens with zero attached hydrogens (tertiary/aromatic N) is 2. The second-order valence-electron chi connectivity index (χ2n) is 4.49. The monoisotopic (exact) mass is 289 g/mol. The minimum absolute atomic E-state index is 0.186. The van der Waals surface area contributed by atoms with Crippen LogP contribution in [0.25, 0.3) is 0 Å². The zero-order chi connectivity index (χ0) is 15.4. The minimum Gasteiger partial charge on any atom is -0.481 e. The van der Waals surface area contributed by atoms with Crippen molar-refractivity contribution in [3.63, 3.8) is 0 Å². The van der Waals surface area contributed by atoms with E-state index < -0.39 is 6.10 Å². The number of nitrogen functional groups attached to an aromatic ring is 1. The summed E-state index contributed by atoms with van der Waals surface area (Å²) in [6, 6.07) is 7.08. The van der Waals surface area contributed by atoms with Gasteiger partial charge in [-0.2, -0.15) is 9.97 Å². The minimum atomic E-state index is -1.04. The summed E-state index contributed by atoms with van der Waals surface area (Å²) in [4.78, 5) is 8.31. The predicted molar refractivity (Wildman–Crippen MR) is 79.4 cm³/mol. The Hall–Kier alpha value is -2.34. The third-order valence-electron chi connectivity index (χ3n) is 3.26. The van der Waals surface area contributed by atoms with Crippen molar-refractivity contribution in [2.75, 3.05) is 20.0 Å². The molecule has 0 aliphatic heterocycles. The molecule has 1 aromatic heterocycles. The van der Waals surface area contributed by atoms with Crippen molar-refractivity contribution in [2.24, 2.45) is 0 Å². The van der Waals surface area contributed by atoms with Crippen molar-refractivity contribution in [2.45, 2.75) is 19.4 Å². The molecule has 0 radical (unpaired) electrons. The Labute approximate surface area is 123 Å². The molecule has 0 fully saturated rings. The first-order valence-corrected chi connectivity index (χ1v) is 6.63. The summed E-state index contributed by atoms with van der Waals surface area (Å²) in [7, 11) is 2.98. The lowest BCUT2D eigenvalue weighted by Crippen LogP contribution is -2.10. The molecule has 1 heterocycles. The number of anilines is 1. The van der Waals surface area contributed by atoms with E-state index in [0.717, 1.165) is 12.0 Å². The second kappa shape index (κ2) is 6.41. The molecule has 1 aromatic carbocycles. The largest absolute Gasteiger partial charge is 0.481 e. The Bertz CT molecular complexity index is 609. The van der Waals surface area contributed by atoms with Gasteiger partial charge in [0, 0.05) is 11.3 Å². The molecule has 112 valence electrons. The average Bonchev–Trinajstić information content (AvgIpc) is 2.53. The van der Waals surface area contributed by atoms with Gasteiger partial charge in [-0.25, -0.2) is 0 Å². The van der Waals surface area contributed by atoms with Crippen LogP contribution in [0, 0.1) is 0 Å². The van der Waals surface area contributed by atoms with Crippen LogP contribution in [0.2, 0.25) is 0 Å². The van der Waals surface area contributed by atoms with E-state index in [1.165, 1.54) is 14.2 Å². The van der Waals surface area contributed by atoms with E-state index >= 15 is 0 Å². The molecule has 0 amide bonds. The summed E-state index contributed by atoms with van der Waals surface area (Å²) in [6.45, 7) is 2.01. The molecule has 2 aromatic rings. The lowest BCUT2D eigenvalue weighted by molar-refractivity contribution is 0.206. The molecule has 1 atom stereocenters. The third kappa shape index (κ3) is 3.05. The van der Waals surface area contributed by atoms with Crippen LogP contribution in [-0.4, -0.2) is 29.3 Å². The van der Waals surface area contributed by atoms with Gasteiger partial charge in [0.1, 0.15) is 6.10 Å². The third-order valence-corrected chi connectivity index (χ3v) is 3.26. The lowest BCUT2D eigenvalue weighted by Gasteiger charge is -2.15. The summed E-state index contributed by atoms with van der Waals surface area (Å²) < 4.78 is 10.2. The van der Waals surface area contributed by atoms with Crippen molar-refractivity contribution in [3.8, 4) is 11.8 Å². The molecule has 3 N–H and O–H groups in total. The summed E-state index contributed by atoms with van der Waals surface area (Å²) in [5.41, 5.74) is 8.20. The van der Waals surface area contributed by atoms with E-state index in [-0.39, 0.29) is 5.82 Å². The van der Waals surface area contributed by atoms with Gasteiger partial charge in [0.15, 0.2) is 5.82 Å². The molecule has 21 heavy (non-hydrogen) atoms. The number of hydrogen-bond donors (Lipinski definition) is 2. The number of nitrogens with two attached hydrogens (primary N) is 1. The zero-order valence-corrected chi connectivity index (χ0v) is 12.3. The van der Waals surface area contributed by atoms with Gasteiger partial charge >= 0.3 is 0 Å². The summed E-state index contributed by atoms with van der Waals surface area (Å²) >= 11 is 0. The number of para-hydroxylation sites is 1.